The normalized spacial score (nSPS) is 10.8. The van der Waals surface area contributed by atoms with Crippen molar-refractivity contribution in [1.29, 1.82) is 0 Å². The molecule has 3 heteroatoms. The fraction of sp³-hybridized carbons (Fsp3) is 0.111. The van der Waals surface area contributed by atoms with Gasteiger partial charge >= 0.3 is 0 Å². The largest absolute Gasteiger partial charge is 0.507 e. The number of hydrogen-bond donors (Lipinski definition) is 2. The second kappa shape index (κ2) is 2.53. The van der Waals surface area contributed by atoms with Gasteiger partial charge in [0.2, 0.25) is 0 Å². The lowest BCUT2D eigenvalue weighted by Gasteiger charge is -1.94. The molecule has 12 heavy (non-hydrogen) atoms. The molecule has 0 radical (unpaired) electrons. The maximum atomic E-state index is 9.40. The van der Waals surface area contributed by atoms with E-state index in [1.165, 1.54) is 6.26 Å². The molecule has 0 aliphatic heterocycles. The number of rotatable bonds is 1. The first kappa shape index (κ1) is 7.18. The molecular weight excluding hydrogens is 156 g/mol. The monoisotopic (exact) mass is 164 g/mol. The van der Waals surface area contributed by atoms with Crippen LogP contribution in [-0.2, 0) is 6.61 Å². The Balaban J connectivity index is 2.83. The fourth-order valence-electron chi connectivity index (χ4n) is 1.25. The molecule has 0 unspecified atom stereocenters. The van der Waals surface area contributed by atoms with E-state index < -0.39 is 0 Å². The number of furan rings is 1. The van der Waals surface area contributed by atoms with Crippen molar-refractivity contribution in [3.63, 3.8) is 0 Å². The van der Waals surface area contributed by atoms with E-state index in [4.69, 9.17) is 9.52 Å². The molecule has 0 aliphatic rings. The number of fused-ring (bicyclic) bond motifs is 1. The quantitative estimate of drug-likeness (QED) is 0.673. The van der Waals surface area contributed by atoms with Crippen molar-refractivity contribution in [2.24, 2.45) is 0 Å². The average Bonchev–Trinajstić information content (AvgIpc) is 2.49. The van der Waals surface area contributed by atoms with Crippen LogP contribution in [-0.4, -0.2) is 10.2 Å². The lowest BCUT2D eigenvalue weighted by Crippen LogP contribution is -1.78. The average molecular weight is 164 g/mol. The van der Waals surface area contributed by atoms with Crippen molar-refractivity contribution in [1.82, 2.24) is 0 Å². The highest BCUT2D eigenvalue weighted by molar-refractivity contribution is 5.86. The van der Waals surface area contributed by atoms with Crippen LogP contribution in [0.4, 0.5) is 0 Å². The van der Waals surface area contributed by atoms with Gasteiger partial charge in [0.25, 0.3) is 0 Å². The Morgan fingerprint density at radius 1 is 1.33 bits per heavy atom. The Bertz CT molecular complexity index is 403. The van der Waals surface area contributed by atoms with Gasteiger partial charge in [0.1, 0.15) is 11.3 Å². The molecule has 0 saturated carbocycles. The molecule has 0 atom stereocenters. The molecule has 1 aromatic heterocycles. The van der Waals surface area contributed by atoms with Crippen LogP contribution in [0.25, 0.3) is 11.0 Å². The molecule has 2 N–H and O–H groups in total. The van der Waals surface area contributed by atoms with Crippen molar-refractivity contribution in [2.45, 2.75) is 6.61 Å². The van der Waals surface area contributed by atoms with E-state index >= 15 is 0 Å². The SMILES string of the molecule is OCc1coc2cccc(O)c12. The summed E-state index contributed by atoms with van der Waals surface area (Å²) in [4.78, 5) is 0. The topological polar surface area (TPSA) is 53.6 Å². The van der Waals surface area contributed by atoms with Gasteiger partial charge in [0, 0.05) is 5.56 Å². The van der Waals surface area contributed by atoms with Crippen LogP contribution in [0, 0.1) is 0 Å². The molecule has 0 aliphatic carbocycles. The van der Waals surface area contributed by atoms with E-state index in [0.29, 0.717) is 16.5 Å². The van der Waals surface area contributed by atoms with Crippen LogP contribution >= 0.6 is 0 Å². The number of phenols is 1. The maximum Gasteiger partial charge on any atom is 0.137 e. The van der Waals surface area contributed by atoms with Gasteiger partial charge in [-0.25, -0.2) is 0 Å². The predicted octanol–water partition coefficient (Wildman–Crippen LogP) is 1.63. The van der Waals surface area contributed by atoms with Gasteiger partial charge in [-0.3, -0.25) is 0 Å². The van der Waals surface area contributed by atoms with Crippen molar-refractivity contribution >= 4 is 11.0 Å². The van der Waals surface area contributed by atoms with Gasteiger partial charge < -0.3 is 14.6 Å². The molecule has 0 bridgehead atoms. The van der Waals surface area contributed by atoms with Crippen LogP contribution in [0.3, 0.4) is 0 Å². The van der Waals surface area contributed by atoms with E-state index in [1.807, 2.05) is 0 Å². The second-order valence-corrected chi connectivity index (χ2v) is 2.57. The molecule has 1 aromatic carbocycles. The summed E-state index contributed by atoms with van der Waals surface area (Å²) in [6.07, 6.45) is 1.45. The van der Waals surface area contributed by atoms with Gasteiger partial charge in [0.05, 0.1) is 18.3 Å². The molecule has 3 nitrogen and oxygen atoms in total. The van der Waals surface area contributed by atoms with Gasteiger partial charge in [-0.05, 0) is 12.1 Å². The molecule has 0 fully saturated rings. The van der Waals surface area contributed by atoms with Crippen LogP contribution in [0.1, 0.15) is 5.56 Å². The van der Waals surface area contributed by atoms with Gasteiger partial charge in [0.15, 0.2) is 0 Å². The summed E-state index contributed by atoms with van der Waals surface area (Å²) in [5, 5.41) is 18.9. The Morgan fingerprint density at radius 3 is 2.92 bits per heavy atom. The van der Waals surface area contributed by atoms with Crippen molar-refractivity contribution in [3.8, 4) is 5.75 Å². The minimum absolute atomic E-state index is 0.120. The first-order valence-electron chi connectivity index (χ1n) is 3.62. The van der Waals surface area contributed by atoms with Crippen LogP contribution < -0.4 is 0 Å². The van der Waals surface area contributed by atoms with E-state index in [1.54, 1.807) is 18.2 Å². The maximum absolute atomic E-state index is 9.40. The smallest absolute Gasteiger partial charge is 0.137 e. The molecule has 1 heterocycles. The van der Waals surface area contributed by atoms with E-state index in [0.717, 1.165) is 0 Å². The highest BCUT2D eigenvalue weighted by atomic mass is 16.3. The minimum atomic E-state index is -0.120. The zero-order valence-corrected chi connectivity index (χ0v) is 6.32. The van der Waals surface area contributed by atoms with E-state index in [2.05, 4.69) is 0 Å². The highest BCUT2D eigenvalue weighted by Crippen LogP contribution is 2.29. The summed E-state index contributed by atoms with van der Waals surface area (Å²) in [6.45, 7) is -0.120. The van der Waals surface area contributed by atoms with E-state index in [-0.39, 0.29) is 12.4 Å². The number of aromatic hydroxyl groups is 1. The van der Waals surface area contributed by atoms with Crippen molar-refractivity contribution in [3.05, 3.63) is 30.0 Å². The Hall–Kier alpha value is -1.48. The Labute approximate surface area is 68.9 Å². The molecule has 0 saturated heterocycles. The third-order valence-corrected chi connectivity index (χ3v) is 1.82. The number of phenolic OH excluding ortho intramolecular Hbond substituents is 1. The summed E-state index contributed by atoms with van der Waals surface area (Å²) >= 11 is 0. The first-order valence-corrected chi connectivity index (χ1v) is 3.62. The number of aliphatic hydroxyl groups excluding tert-OH is 1. The number of aliphatic hydroxyl groups is 1. The molecular formula is C9H8O3. The standard InChI is InChI=1S/C9H8O3/c10-4-6-5-12-8-3-1-2-7(11)9(6)8/h1-3,5,10-11H,4H2. The number of hydrogen-bond acceptors (Lipinski definition) is 3. The van der Waals surface area contributed by atoms with Crippen LogP contribution in [0.2, 0.25) is 0 Å². The molecule has 0 amide bonds. The summed E-state index contributed by atoms with van der Waals surface area (Å²) in [5.74, 6) is 0.144. The van der Waals surface area contributed by atoms with E-state index in [9.17, 15) is 5.11 Å². The highest BCUT2D eigenvalue weighted by Gasteiger charge is 2.07. The zero-order chi connectivity index (χ0) is 8.55. The zero-order valence-electron chi connectivity index (χ0n) is 6.32. The molecule has 2 rings (SSSR count). The summed E-state index contributed by atoms with van der Waals surface area (Å²) in [5.41, 5.74) is 1.21. The van der Waals surface area contributed by atoms with Gasteiger partial charge in [-0.1, -0.05) is 6.07 Å². The lowest BCUT2D eigenvalue weighted by atomic mass is 10.2. The summed E-state index contributed by atoms with van der Waals surface area (Å²) in [6, 6.07) is 5.01. The van der Waals surface area contributed by atoms with Crippen LogP contribution in [0.15, 0.2) is 28.9 Å². The summed E-state index contributed by atoms with van der Waals surface area (Å²) < 4.78 is 5.10. The van der Waals surface area contributed by atoms with Crippen LogP contribution in [0.5, 0.6) is 5.75 Å². The minimum Gasteiger partial charge on any atom is -0.507 e. The number of benzene rings is 1. The van der Waals surface area contributed by atoms with Gasteiger partial charge in [-0.2, -0.15) is 0 Å². The van der Waals surface area contributed by atoms with Gasteiger partial charge in [-0.15, -0.1) is 0 Å². The molecule has 0 spiro atoms. The first-order chi connectivity index (χ1) is 5.83. The molecule has 62 valence electrons. The molecule has 2 aromatic rings. The van der Waals surface area contributed by atoms with Crippen molar-refractivity contribution < 1.29 is 14.6 Å². The fourth-order valence-corrected chi connectivity index (χ4v) is 1.25. The predicted molar refractivity (Wildman–Crippen MR) is 43.8 cm³/mol. The Morgan fingerprint density at radius 2 is 2.17 bits per heavy atom. The third-order valence-electron chi connectivity index (χ3n) is 1.82. The Kier molecular flexibility index (Phi) is 1.52. The third kappa shape index (κ3) is 0.871. The van der Waals surface area contributed by atoms with Crippen molar-refractivity contribution in [2.75, 3.05) is 0 Å². The lowest BCUT2D eigenvalue weighted by molar-refractivity contribution is 0.281. The summed E-state index contributed by atoms with van der Waals surface area (Å²) in [7, 11) is 0. The second-order valence-electron chi connectivity index (χ2n) is 2.57.